The largest absolute Gasteiger partial charge is 0.350 e. The molecule has 0 aliphatic heterocycles. The summed E-state index contributed by atoms with van der Waals surface area (Å²) in [5, 5.41) is 10.6. The molecular weight excluding hydrogens is 406 g/mol. The predicted molar refractivity (Wildman–Crippen MR) is 126 cm³/mol. The number of carbonyl (C=O) groups excluding carboxylic acids is 1. The lowest BCUT2D eigenvalue weighted by Crippen LogP contribution is -2.29. The summed E-state index contributed by atoms with van der Waals surface area (Å²) in [7, 11) is 0. The molecule has 6 nitrogen and oxygen atoms in total. The molecule has 0 aliphatic carbocycles. The maximum absolute atomic E-state index is 13.3. The zero-order valence-electron chi connectivity index (χ0n) is 17.9. The lowest BCUT2D eigenvalue weighted by atomic mass is 9.99. The maximum Gasteiger partial charge on any atom is 0.272 e. The zero-order valence-corrected chi connectivity index (χ0v) is 18.7. The molecule has 0 spiro atoms. The first kappa shape index (κ1) is 21.2. The quantitative estimate of drug-likeness (QED) is 0.379. The van der Waals surface area contributed by atoms with Crippen molar-refractivity contribution in [2.24, 2.45) is 5.92 Å². The maximum atomic E-state index is 13.3. The molecule has 7 heteroatoms. The third-order valence-corrected chi connectivity index (χ3v) is 6.43. The third-order valence-electron chi connectivity index (χ3n) is 5.53. The second-order valence-corrected chi connectivity index (χ2v) is 8.56. The average Bonchev–Trinajstić information content (AvgIpc) is 3.48. The number of hydrogen-bond donors (Lipinski definition) is 1. The normalized spacial score (nSPS) is 12.2. The minimum absolute atomic E-state index is 0.166. The van der Waals surface area contributed by atoms with Crippen molar-refractivity contribution < 1.29 is 4.79 Å². The number of fused-ring (bicyclic) bond motifs is 1. The Hall–Kier alpha value is -3.06. The van der Waals surface area contributed by atoms with E-state index in [0.29, 0.717) is 29.6 Å². The Morgan fingerprint density at radius 2 is 2.03 bits per heavy atom. The molecule has 1 atom stereocenters. The first-order chi connectivity index (χ1) is 15.2. The molecule has 31 heavy (non-hydrogen) atoms. The Balaban J connectivity index is 1.76. The van der Waals surface area contributed by atoms with Crippen LogP contribution in [-0.4, -0.2) is 32.2 Å². The summed E-state index contributed by atoms with van der Waals surface area (Å²) in [5.74, 6) is 0.945. The van der Waals surface area contributed by atoms with Gasteiger partial charge in [-0.1, -0.05) is 45.2 Å². The van der Waals surface area contributed by atoms with E-state index < -0.39 is 0 Å². The van der Waals surface area contributed by atoms with E-state index in [4.69, 9.17) is 0 Å². The number of pyridine rings is 2. The standard InChI is InChI=1S/C24H27N5OS/c1-3-5-9-17(4-2)16-27-24(30)22-21-18(19-10-8-15-31-19)12-14-26-23(21)29(28-22)20-11-6-7-13-25-20/h6-8,10-15,17H,3-5,9,16H2,1-2H3,(H,27,30). The lowest BCUT2D eigenvalue weighted by Gasteiger charge is -2.14. The number of aromatic nitrogens is 4. The highest BCUT2D eigenvalue weighted by Gasteiger charge is 2.23. The van der Waals surface area contributed by atoms with Crippen LogP contribution in [0.4, 0.5) is 0 Å². The van der Waals surface area contributed by atoms with Crippen LogP contribution in [0.25, 0.3) is 27.3 Å². The van der Waals surface area contributed by atoms with Crippen LogP contribution in [0.2, 0.25) is 0 Å². The highest BCUT2D eigenvalue weighted by molar-refractivity contribution is 7.13. The molecule has 0 aliphatic rings. The van der Waals surface area contributed by atoms with E-state index in [1.165, 1.54) is 12.8 Å². The van der Waals surface area contributed by atoms with Crippen LogP contribution in [0.5, 0.6) is 0 Å². The summed E-state index contributed by atoms with van der Waals surface area (Å²) in [6.07, 6.45) is 7.99. The average molecular weight is 434 g/mol. The van der Waals surface area contributed by atoms with E-state index in [0.717, 1.165) is 28.7 Å². The van der Waals surface area contributed by atoms with E-state index >= 15 is 0 Å². The number of carbonyl (C=O) groups is 1. The number of unbranched alkanes of at least 4 members (excludes halogenated alkanes) is 1. The van der Waals surface area contributed by atoms with Crippen LogP contribution in [-0.2, 0) is 0 Å². The highest BCUT2D eigenvalue weighted by Crippen LogP contribution is 2.33. The highest BCUT2D eigenvalue weighted by atomic mass is 32.1. The van der Waals surface area contributed by atoms with Gasteiger partial charge in [-0.2, -0.15) is 9.78 Å². The number of thiophene rings is 1. The van der Waals surface area contributed by atoms with Gasteiger partial charge in [-0.3, -0.25) is 4.79 Å². The summed E-state index contributed by atoms with van der Waals surface area (Å²) >= 11 is 1.64. The Morgan fingerprint density at radius 1 is 1.13 bits per heavy atom. The van der Waals surface area contributed by atoms with Crippen molar-refractivity contribution in [3.8, 4) is 16.3 Å². The SMILES string of the molecule is CCCCC(CC)CNC(=O)c1nn(-c2ccccn2)c2nccc(-c3cccs3)c12. The van der Waals surface area contributed by atoms with Gasteiger partial charge in [0, 0.05) is 29.4 Å². The Bertz CT molecular complexity index is 1140. The molecule has 0 fully saturated rings. The van der Waals surface area contributed by atoms with Crippen molar-refractivity contribution in [3.63, 3.8) is 0 Å². The second kappa shape index (κ2) is 9.83. The van der Waals surface area contributed by atoms with E-state index in [2.05, 4.69) is 40.3 Å². The molecule has 160 valence electrons. The Morgan fingerprint density at radius 3 is 2.74 bits per heavy atom. The third kappa shape index (κ3) is 4.51. The summed E-state index contributed by atoms with van der Waals surface area (Å²) in [6.45, 7) is 5.03. The van der Waals surface area contributed by atoms with Crippen LogP contribution in [0, 0.1) is 5.92 Å². The number of nitrogens with one attached hydrogen (secondary N) is 1. The molecule has 1 N–H and O–H groups in total. The molecule has 0 bridgehead atoms. The molecule has 0 saturated carbocycles. The Kier molecular flexibility index (Phi) is 6.72. The van der Waals surface area contributed by atoms with Gasteiger partial charge in [-0.25, -0.2) is 9.97 Å². The van der Waals surface area contributed by atoms with E-state index in [1.54, 1.807) is 28.4 Å². The smallest absolute Gasteiger partial charge is 0.272 e. The van der Waals surface area contributed by atoms with E-state index in [-0.39, 0.29) is 5.91 Å². The van der Waals surface area contributed by atoms with Gasteiger partial charge in [0.2, 0.25) is 0 Å². The van der Waals surface area contributed by atoms with Crippen molar-refractivity contribution in [2.45, 2.75) is 39.5 Å². The summed E-state index contributed by atoms with van der Waals surface area (Å²) < 4.78 is 1.66. The number of amides is 1. The van der Waals surface area contributed by atoms with Gasteiger partial charge in [-0.15, -0.1) is 11.3 Å². The summed E-state index contributed by atoms with van der Waals surface area (Å²) in [6, 6.07) is 11.6. The van der Waals surface area contributed by atoms with Crippen LogP contribution in [0.15, 0.2) is 54.2 Å². The monoisotopic (exact) mass is 433 g/mol. The molecule has 4 heterocycles. The predicted octanol–water partition coefficient (Wildman–Crippen LogP) is 5.49. The van der Waals surface area contributed by atoms with Gasteiger partial charge in [0.05, 0.1) is 5.39 Å². The van der Waals surface area contributed by atoms with Gasteiger partial charge in [0.25, 0.3) is 5.91 Å². The molecule has 0 saturated heterocycles. The molecular formula is C24H27N5OS. The number of rotatable bonds is 9. The Labute approximate surface area is 186 Å². The lowest BCUT2D eigenvalue weighted by molar-refractivity contribution is 0.0942. The first-order valence-corrected chi connectivity index (χ1v) is 11.7. The van der Waals surface area contributed by atoms with Crippen molar-refractivity contribution >= 4 is 28.3 Å². The fraction of sp³-hybridized carbons (Fsp3) is 0.333. The molecule has 4 aromatic rings. The van der Waals surface area contributed by atoms with Gasteiger partial charge >= 0.3 is 0 Å². The van der Waals surface area contributed by atoms with Crippen LogP contribution < -0.4 is 5.32 Å². The first-order valence-electron chi connectivity index (χ1n) is 10.8. The van der Waals surface area contributed by atoms with Crippen molar-refractivity contribution in [1.82, 2.24) is 25.1 Å². The van der Waals surface area contributed by atoms with E-state index in [1.807, 2.05) is 35.7 Å². The molecule has 1 unspecified atom stereocenters. The summed E-state index contributed by atoms with van der Waals surface area (Å²) in [4.78, 5) is 23.4. The fourth-order valence-electron chi connectivity index (χ4n) is 3.74. The second-order valence-electron chi connectivity index (χ2n) is 7.61. The fourth-order valence-corrected chi connectivity index (χ4v) is 4.50. The van der Waals surface area contributed by atoms with Gasteiger partial charge in [0.1, 0.15) is 0 Å². The summed E-state index contributed by atoms with van der Waals surface area (Å²) in [5.41, 5.74) is 1.99. The zero-order chi connectivity index (χ0) is 21.6. The van der Waals surface area contributed by atoms with Gasteiger partial charge < -0.3 is 5.32 Å². The van der Waals surface area contributed by atoms with Crippen molar-refractivity contribution in [2.75, 3.05) is 6.54 Å². The number of hydrogen-bond acceptors (Lipinski definition) is 5. The topological polar surface area (TPSA) is 72.7 Å². The minimum Gasteiger partial charge on any atom is -0.350 e. The minimum atomic E-state index is -0.166. The van der Waals surface area contributed by atoms with Crippen LogP contribution in [0.3, 0.4) is 0 Å². The molecule has 4 rings (SSSR count). The molecule has 4 aromatic heterocycles. The molecule has 0 radical (unpaired) electrons. The molecule has 0 aromatic carbocycles. The van der Waals surface area contributed by atoms with Gasteiger partial charge in [-0.05, 0) is 42.0 Å². The number of nitrogens with zero attached hydrogens (tertiary/aromatic N) is 4. The van der Waals surface area contributed by atoms with E-state index in [9.17, 15) is 4.79 Å². The van der Waals surface area contributed by atoms with Crippen LogP contribution in [0.1, 0.15) is 50.0 Å². The molecule has 1 amide bonds. The van der Waals surface area contributed by atoms with Crippen molar-refractivity contribution in [3.05, 3.63) is 59.9 Å². The van der Waals surface area contributed by atoms with Crippen molar-refractivity contribution in [1.29, 1.82) is 0 Å². The van der Waals surface area contributed by atoms with Gasteiger partial charge in [0.15, 0.2) is 17.2 Å². The van der Waals surface area contributed by atoms with Crippen LogP contribution >= 0.6 is 11.3 Å².